The van der Waals surface area contributed by atoms with Gasteiger partial charge in [0.1, 0.15) is 5.82 Å². The summed E-state index contributed by atoms with van der Waals surface area (Å²) in [6.45, 7) is 4.40. The van der Waals surface area contributed by atoms with Crippen molar-refractivity contribution in [1.29, 1.82) is 0 Å². The maximum absolute atomic E-state index is 12.1. The molecule has 5 nitrogen and oxygen atoms in total. The lowest BCUT2D eigenvalue weighted by atomic mass is 10.2. The molecular weight excluding hydrogens is 204 g/mol. The molecule has 3 N–H and O–H groups in total. The Morgan fingerprint density at radius 1 is 1.62 bits per heavy atom. The molecule has 86 valence electrons. The minimum absolute atomic E-state index is 0.0286. The van der Waals surface area contributed by atoms with Crippen LogP contribution in [0.15, 0.2) is 18.3 Å². The van der Waals surface area contributed by atoms with E-state index in [1.165, 1.54) is 6.20 Å². The average Bonchev–Trinajstić information content (AvgIpc) is 2.29. The average molecular weight is 220 g/mol. The number of carbonyl (C=O) groups excluding carboxylic acids is 1. The van der Waals surface area contributed by atoms with E-state index >= 15 is 0 Å². The zero-order valence-electron chi connectivity index (χ0n) is 9.31. The molecule has 1 saturated heterocycles. The first-order chi connectivity index (χ1) is 7.66. The third-order valence-electron chi connectivity index (χ3n) is 2.69. The van der Waals surface area contributed by atoms with Crippen LogP contribution in [0.4, 0.5) is 5.82 Å². The van der Waals surface area contributed by atoms with Gasteiger partial charge in [0.2, 0.25) is 0 Å². The van der Waals surface area contributed by atoms with Gasteiger partial charge in [-0.25, -0.2) is 4.98 Å². The van der Waals surface area contributed by atoms with E-state index in [1.807, 2.05) is 4.90 Å². The molecule has 1 aliphatic heterocycles. The molecule has 0 aliphatic carbocycles. The second kappa shape index (κ2) is 4.49. The van der Waals surface area contributed by atoms with E-state index in [-0.39, 0.29) is 5.91 Å². The first kappa shape index (κ1) is 10.9. The fourth-order valence-corrected chi connectivity index (χ4v) is 1.83. The van der Waals surface area contributed by atoms with E-state index in [4.69, 9.17) is 5.73 Å². The molecule has 0 spiro atoms. The second-order valence-electron chi connectivity index (χ2n) is 4.08. The zero-order valence-corrected chi connectivity index (χ0v) is 9.31. The summed E-state index contributed by atoms with van der Waals surface area (Å²) < 4.78 is 0. The number of nitrogens with one attached hydrogen (secondary N) is 1. The van der Waals surface area contributed by atoms with Crippen LogP contribution in [0.2, 0.25) is 0 Å². The molecule has 1 fully saturated rings. The molecule has 0 aromatic carbocycles. The first-order valence-corrected chi connectivity index (χ1v) is 5.41. The molecule has 1 aromatic rings. The van der Waals surface area contributed by atoms with Crippen molar-refractivity contribution in [1.82, 2.24) is 15.2 Å². The van der Waals surface area contributed by atoms with Crippen molar-refractivity contribution in [2.24, 2.45) is 0 Å². The molecule has 0 bridgehead atoms. The van der Waals surface area contributed by atoms with Crippen LogP contribution in [0.25, 0.3) is 0 Å². The molecule has 2 rings (SSSR count). The lowest BCUT2D eigenvalue weighted by Crippen LogP contribution is -2.51. The fourth-order valence-electron chi connectivity index (χ4n) is 1.83. The van der Waals surface area contributed by atoms with Gasteiger partial charge in [-0.2, -0.15) is 0 Å². The maximum atomic E-state index is 12.1. The highest BCUT2D eigenvalue weighted by Crippen LogP contribution is 2.08. The quantitative estimate of drug-likeness (QED) is 0.704. The number of aromatic nitrogens is 1. The fraction of sp³-hybridized carbons (Fsp3) is 0.455. The SMILES string of the molecule is C[C@@H]1CN(C(=O)c2ccc(N)nc2)CCN1. The minimum Gasteiger partial charge on any atom is -0.384 e. The molecule has 1 aliphatic rings. The van der Waals surface area contributed by atoms with E-state index in [0.29, 0.717) is 17.4 Å². The summed E-state index contributed by atoms with van der Waals surface area (Å²) in [5.41, 5.74) is 6.08. The summed E-state index contributed by atoms with van der Waals surface area (Å²) in [6, 6.07) is 3.72. The van der Waals surface area contributed by atoms with E-state index in [2.05, 4.69) is 17.2 Å². The van der Waals surface area contributed by atoms with Crippen LogP contribution < -0.4 is 11.1 Å². The molecule has 1 amide bonds. The van der Waals surface area contributed by atoms with Gasteiger partial charge in [0.05, 0.1) is 5.56 Å². The molecule has 2 heterocycles. The summed E-state index contributed by atoms with van der Waals surface area (Å²) in [7, 11) is 0. The van der Waals surface area contributed by atoms with Crippen LogP contribution in [0.5, 0.6) is 0 Å². The summed E-state index contributed by atoms with van der Waals surface area (Å²) in [4.78, 5) is 17.8. The number of nitrogen functional groups attached to an aromatic ring is 1. The molecule has 16 heavy (non-hydrogen) atoms. The lowest BCUT2D eigenvalue weighted by molar-refractivity contribution is 0.0708. The number of hydrogen-bond donors (Lipinski definition) is 2. The number of piperazine rings is 1. The van der Waals surface area contributed by atoms with Crippen LogP contribution in [0, 0.1) is 0 Å². The van der Waals surface area contributed by atoms with Crippen LogP contribution in [-0.4, -0.2) is 41.5 Å². The number of nitrogens with two attached hydrogens (primary N) is 1. The van der Waals surface area contributed by atoms with Crippen LogP contribution in [0.3, 0.4) is 0 Å². The van der Waals surface area contributed by atoms with E-state index in [9.17, 15) is 4.79 Å². The van der Waals surface area contributed by atoms with Crippen LogP contribution in [-0.2, 0) is 0 Å². The molecule has 0 radical (unpaired) electrons. The topological polar surface area (TPSA) is 71.2 Å². The summed E-state index contributed by atoms with van der Waals surface area (Å²) in [5.74, 6) is 0.464. The predicted molar refractivity (Wildman–Crippen MR) is 62.0 cm³/mol. The highest BCUT2D eigenvalue weighted by molar-refractivity contribution is 5.94. The Hall–Kier alpha value is -1.62. The van der Waals surface area contributed by atoms with Gasteiger partial charge < -0.3 is 16.0 Å². The lowest BCUT2D eigenvalue weighted by Gasteiger charge is -2.31. The standard InChI is InChI=1S/C11H16N4O/c1-8-7-15(5-4-13-8)11(16)9-2-3-10(12)14-6-9/h2-3,6,8,13H,4-5,7H2,1H3,(H2,12,14)/t8-/m1/s1. The molecule has 1 aromatic heterocycles. The molecule has 1 atom stereocenters. The number of pyridine rings is 1. The van der Waals surface area contributed by atoms with Gasteiger partial charge >= 0.3 is 0 Å². The van der Waals surface area contributed by atoms with Gasteiger partial charge in [-0.3, -0.25) is 4.79 Å². The number of nitrogens with zero attached hydrogens (tertiary/aromatic N) is 2. The third-order valence-corrected chi connectivity index (χ3v) is 2.69. The van der Waals surface area contributed by atoms with Crippen molar-refractivity contribution in [3.05, 3.63) is 23.9 Å². The highest BCUT2D eigenvalue weighted by Gasteiger charge is 2.21. The van der Waals surface area contributed by atoms with E-state index in [0.717, 1.165) is 19.6 Å². The van der Waals surface area contributed by atoms with Gasteiger partial charge in [-0.1, -0.05) is 0 Å². The second-order valence-corrected chi connectivity index (χ2v) is 4.08. The molecule has 0 unspecified atom stereocenters. The van der Waals surface area contributed by atoms with Gasteiger partial charge in [-0.15, -0.1) is 0 Å². The third kappa shape index (κ3) is 2.30. The van der Waals surface area contributed by atoms with Crippen molar-refractivity contribution >= 4 is 11.7 Å². The first-order valence-electron chi connectivity index (χ1n) is 5.41. The van der Waals surface area contributed by atoms with E-state index in [1.54, 1.807) is 12.1 Å². The normalized spacial score (nSPS) is 20.8. The summed E-state index contributed by atoms with van der Waals surface area (Å²) >= 11 is 0. The maximum Gasteiger partial charge on any atom is 0.255 e. The number of anilines is 1. The largest absolute Gasteiger partial charge is 0.384 e. The Balaban J connectivity index is 2.09. The van der Waals surface area contributed by atoms with Gasteiger partial charge in [-0.05, 0) is 19.1 Å². The Bertz CT molecular complexity index is 376. The smallest absolute Gasteiger partial charge is 0.255 e. The highest BCUT2D eigenvalue weighted by atomic mass is 16.2. The Morgan fingerprint density at radius 2 is 2.44 bits per heavy atom. The number of amides is 1. The zero-order chi connectivity index (χ0) is 11.5. The van der Waals surface area contributed by atoms with E-state index < -0.39 is 0 Å². The van der Waals surface area contributed by atoms with Crippen molar-refractivity contribution in [2.45, 2.75) is 13.0 Å². The number of carbonyl (C=O) groups is 1. The monoisotopic (exact) mass is 220 g/mol. The summed E-state index contributed by atoms with van der Waals surface area (Å²) in [6.07, 6.45) is 1.53. The van der Waals surface area contributed by atoms with Crippen LogP contribution in [0.1, 0.15) is 17.3 Å². The number of hydrogen-bond acceptors (Lipinski definition) is 4. The Labute approximate surface area is 94.6 Å². The Morgan fingerprint density at radius 3 is 3.06 bits per heavy atom. The molecule has 0 saturated carbocycles. The van der Waals surface area contributed by atoms with Crippen molar-refractivity contribution in [2.75, 3.05) is 25.4 Å². The molecule has 5 heteroatoms. The van der Waals surface area contributed by atoms with Gasteiger partial charge in [0.15, 0.2) is 0 Å². The summed E-state index contributed by atoms with van der Waals surface area (Å²) in [5, 5.41) is 3.30. The van der Waals surface area contributed by atoms with Crippen molar-refractivity contribution in [3.8, 4) is 0 Å². The number of rotatable bonds is 1. The predicted octanol–water partition coefficient (Wildman–Crippen LogP) is 0.0977. The van der Waals surface area contributed by atoms with Gasteiger partial charge in [0.25, 0.3) is 5.91 Å². The Kier molecular flexibility index (Phi) is 3.05. The minimum atomic E-state index is 0.0286. The molecular formula is C11H16N4O. The van der Waals surface area contributed by atoms with Crippen LogP contribution >= 0.6 is 0 Å². The van der Waals surface area contributed by atoms with Crippen molar-refractivity contribution in [3.63, 3.8) is 0 Å². The van der Waals surface area contributed by atoms with Crippen molar-refractivity contribution < 1.29 is 4.79 Å². The van der Waals surface area contributed by atoms with Gasteiger partial charge in [0, 0.05) is 31.9 Å².